The first-order valence-electron chi connectivity index (χ1n) is 14.1. The van der Waals surface area contributed by atoms with Crippen LogP contribution in [0.25, 0.3) is 10.8 Å². The Hall–Kier alpha value is -3.12. The lowest BCUT2D eigenvalue weighted by atomic mass is 9.85. The molecule has 0 bridgehead atoms. The molecule has 0 atom stereocenters. The van der Waals surface area contributed by atoms with Gasteiger partial charge < -0.3 is 9.47 Å². The lowest BCUT2D eigenvalue weighted by Crippen LogP contribution is -2.44. The molecule has 0 radical (unpaired) electrons. The maximum absolute atomic E-state index is 13.6. The molecule has 42 heavy (non-hydrogen) atoms. The van der Waals surface area contributed by atoms with Crippen LogP contribution in [-0.2, 0) is 19.1 Å². The van der Waals surface area contributed by atoms with E-state index >= 15 is 0 Å². The number of carbonyl (C=O) groups excluding carboxylic acids is 6. The zero-order valence-electron chi connectivity index (χ0n) is 23.6. The van der Waals surface area contributed by atoms with Gasteiger partial charge in [0.05, 0.1) is 24.3 Å². The van der Waals surface area contributed by atoms with Crippen LogP contribution in [0.5, 0.6) is 0 Å². The summed E-state index contributed by atoms with van der Waals surface area (Å²) in [7, 11) is 0. The Kier molecular flexibility index (Phi) is 10.5. The zero-order valence-corrected chi connectivity index (χ0v) is 26.7. The highest BCUT2D eigenvalue weighted by Crippen LogP contribution is 2.44. The first-order chi connectivity index (χ1) is 20.1. The number of hydrogen-bond donors (Lipinski definition) is 0. The van der Waals surface area contributed by atoms with Gasteiger partial charge in [-0.25, -0.2) is 0 Å². The Morgan fingerprint density at radius 2 is 1.00 bits per heavy atom. The number of amides is 4. The van der Waals surface area contributed by atoms with Crippen LogP contribution < -0.4 is 0 Å². The summed E-state index contributed by atoms with van der Waals surface area (Å²) in [6.07, 6.45) is 4.34. The van der Waals surface area contributed by atoms with Gasteiger partial charge in [0.15, 0.2) is 0 Å². The Bertz CT molecular complexity index is 1470. The van der Waals surface area contributed by atoms with Crippen LogP contribution in [0.2, 0.25) is 0 Å². The maximum atomic E-state index is 13.6. The summed E-state index contributed by atoms with van der Waals surface area (Å²) in [5.74, 6) is -2.54. The lowest BCUT2D eigenvalue weighted by Gasteiger charge is -2.33. The summed E-state index contributed by atoms with van der Waals surface area (Å²) < 4.78 is 10.9. The second kappa shape index (κ2) is 13.9. The molecule has 0 saturated carbocycles. The van der Waals surface area contributed by atoms with E-state index in [1.54, 1.807) is 26.0 Å². The van der Waals surface area contributed by atoms with Gasteiger partial charge in [0.25, 0.3) is 23.6 Å². The molecule has 0 fully saturated rings. The van der Waals surface area contributed by atoms with Gasteiger partial charge in [-0.15, -0.1) is 0 Å². The number of imide groups is 2. The van der Waals surface area contributed by atoms with E-state index in [0.29, 0.717) is 58.4 Å². The molecule has 12 heteroatoms. The van der Waals surface area contributed by atoms with Crippen LogP contribution in [-0.4, -0.2) is 71.7 Å². The van der Waals surface area contributed by atoms with E-state index < -0.39 is 23.6 Å². The van der Waals surface area contributed by atoms with Gasteiger partial charge in [-0.2, -0.15) is 0 Å². The Balaban J connectivity index is 1.53. The molecule has 0 saturated heterocycles. The normalized spacial score (nSPS) is 14.2. The molecule has 0 aliphatic carbocycles. The van der Waals surface area contributed by atoms with Crippen molar-refractivity contribution in [1.29, 1.82) is 0 Å². The van der Waals surface area contributed by atoms with Gasteiger partial charge in [-0.05, 0) is 76.1 Å². The lowest BCUT2D eigenvalue weighted by molar-refractivity contribution is -0.144. The van der Waals surface area contributed by atoms with E-state index in [9.17, 15) is 28.8 Å². The summed E-state index contributed by atoms with van der Waals surface area (Å²) >= 11 is 6.92. The quantitative estimate of drug-likeness (QED) is 0.137. The third-order valence-corrected chi connectivity index (χ3v) is 8.58. The van der Waals surface area contributed by atoms with Crippen molar-refractivity contribution in [2.24, 2.45) is 0 Å². The number of rotatable bonds is 14. The van der Waals surface area contributed by atoms with Gasteiger partial charge in [-0.3, -0.25) is 38.6 Å². The van der Waals surface area contributed by atoms with Crippen molar-refractivity contribution < 1.29 is 38.2 Å². The van der Waals surface area contributed by atoms with Crippen LogP contribution in [0, 0.1) is 0 Å². The minimum absolute atomic E-state index is 0.127. The van der Waals surface area contributed by atoms with Crippen LogP contribution in [0.3, 0.4) is 0 Å². The largest absolute Gasteiger partial charge is 0.466 e. The third-order valence-electron chi connectivity index (χ3n) is 7.33. The van der Waals surface area contributed by atoms with Gasteiger partial charge in [0.1, 0.15) is 0 Å². The Labute approximate surface area is 260 Å². The second-order valence-corrected chi connectivity index (χ2v) is 11.8. The monoisotopic (exact) mass is 706 g/mol. The topological polar surface area (TPSA) is 127 Å². The molecule has 2 heterocycles. The third kappa shape index (κ3) is 6.29. The average Bonchev–Trinajstić information content (AvgIpc) is 2.97. The van der Waals surface area contributed by atoms with E-state index in [1.807, 2.05) is 0 Å². The number of nitrogens with zero attached hydrogens (tertiary/aromatic N) is 2. The second-order valence-electron chi connectivity index (χ2n) is 10.1. The van der Waals surface area contributed by atoms with Crippen molar-refractivity contribution in [3.63, 3.8) is 0 Å². The number of hydrogen-bond acceptors (Lipinski definition) is 8. The molecule has 2 aliphatic rings. The highest BCUT2D eigenvalue weighted by molar-refractivity contribution is 9.10. The highest BCUT2D eigenvalue weighted by atomic mass is 79.9. The van der Waals surface area contributed by atoms with E-state index in [4.69, 9.17) is 9.47 Å². The summed E-state index contributed by atoms with van der Waals surface area (Å²) in [5, 5.41) is 0.595. The number of carbonyl (C=O) groups is 6. The van der Waals surface area contributed by atoms with Crippen molar-refractivity contribution in [3.8, 4) is 0 Å². The fourth-order valence-electron chi connectivity index (χ4n) is 5.15. The van der Waals surface area contributed by atoms with Crippen molar-refractivity contribution in [2.45, 2.75) is 65.2 Å². The van der Waals surface area contributed by atoms with E-state index in [2.05, 4.69) is 31.9 Å². The molecule has 0 aromatic heterocycles. The smallest absolute Gasteiger partial charge is 0.305 e. The summed E-state index contributed by atoms with van der Waals surface area (Å²) in [6, 6.07) is 3.10. The summed E-state index contributed by atoms with van der Waals surface area (Å²) in [6.45, 7) is 4.32. The summed E-state index contributed by atoms with van der Waals surface area (Å²) in [4.78, 5) is 79.3. The van der Waals surface area contributed by atoms with Gasteiger partial charge >= 0.3 is 11.9 Å². The van der Waals surface area contributed by atoms with Crippen LogP contribution in [0.15, 0.2) is 21.1 Å². The van der Waals surface area contributed by atoms with Crippen molar-refractivity contribution >= 4 is 78.2 Å². The fraction of sp³-hybridized carbons (Fsp3) is 0.467. The molecule has 0 unspecified atom stereocenters. The minimum Gasteiger partial charge on any atom is -0.466 e. The predicted octanol–water partition coefficient (Wildman–Crippen LogP) is 5.80. The van der Waals surface area contributed by atoms with Crippen molar-refractivity contribution in [2.75, 3.05) is 26.3 Å². The predicted molar refractivity (Wildman–Crippen MR) is 160 cm³/mol. The first kappa shape index (κ1) is 31.8. The number of esters is 2. The number of ether oxygens (including phenoxy) is 2. The Morgan fingerprint density at radius 3 is 1.43 bits per heavy atom. The van der Waals surface area contributed by atoms with E-state index in [-0.39, 0.29) is 60.3 Å². The van der Waals surface area contributed by atoms with Crippen LogP contribution in [0.4, 0.5) is 0 Å². The van der Waals surface area contributed by atoms with Crippen molar-refractivity contribution in [1.82, 2.24) is 9.80 Å². The highest BCUT2D eigenvalue weighted by Gasteiger charge is 2.41. The molecule has 2 aromatic rings. The summed E-state index contributed by atoms with van der Waals surface area (Å²) in [5.41, 5.74) is 0.951. The van der Waals surface area contributed by atoms with Gasteiger partial charge in [-0.1, -0.05) is 20.3 Å². The maximum Gasteiger partial charge on any atom is 0.305 e. The van der Waals surface area contributed by atoms with Crippen molar-refractivity contribution in [3.05, 3.63) is 43.3 Å². The molecule has 0 spiro atoms. The molecule has 2 aromatic carbocycles. The standard InChI is InChI=1S/C30H32Br2N2O8/c1-3-21(35)41-13-9-6-5-7-11-33-27(37)17-15-20(32)26-24-18(16-19(31)25(23(17)24)29(33)39)28(38)34(30(26)40)12-8-10-14-42-22(36)4-2/h15-16H,3-14H2,1-2H3. The Morgan fingerprint density at radius 1 is 0.619 bits per heavy atom. The molecule has 224 valence electrons. The molecule has 2 aliphatic heterocycles. The fourth-order valence-corrected chi connectivity index (χ4v) is 6.34. The molecule has 0 N–H and O–H groups in total. The zero-order chi connectivity index (χ0) is 30.6. The van der Waals surface area contributed by atoms with E-state index in [0.717, 1.165) is 17.7 Å². The van der Waals surface area contributed by atoms with Crippen LogP contribution in [0.1, 0.15) is 107 Å². The number of unbranched alkanes of at least 4 members (excludes halogenated alkanes) is 4. The van der Waals surface area contributed by atoms with Gasteiger partial charge in [0, 0.05) is 56.8 Å². The molecular formula is C30H32Br2N2O8. The number of benzene rings is 2. The number of halogens is 2. The van der Waals surface area contributed by atoms with E-state index in [1.165, 1.54) is 4.90 Å². The minimum atomic E-state index is -0.517. The van der Waals surface area contributed by atoms with Crippen LogP contribution >= 0.6 is 31.9 Å². The van der Waals surface area contributed by atoms with Gasteiger partial charge in [0.2, 0.25) is 0 Å². The SMILES string of the molecule is CCC(=O)OCCCCCCN1C(=O)c2cc(Br)c3c4c(cc(Br)c(c24)C1=O)C(=O)N(CCCCOC(=O)CC)C3=O. The molecule has 10 nitrogen and oxygen atoms in total. The molecule has 4 rings (SSSR count). The molecular weight excluding hydrogens is 676 g/mol. The average molecular weight is 708 g/mol. The molecule has 4 amide bonds. The first-order valence-corrected chi connectivity index (χ1v) is 15.7.